The average molecular weight is 327 g/mol. The number of ether oxygens (including phenoxy) is 1. The number of nitrogens with one attached hydrogen (secondary N) is 1. The first-order valence-corrected chi connectivity index (χ1v) is 7.52. The third-order valence-corrected chi connectivity index (χ3v) is 3.28. The molecule has 0 aliphatic carbocycles. The van der Waals surface area contributed by atoms with Gasteiger partial charge in [-0.1, -0.05) is 30.4 Å². The van der Waals surface area contributed by atoms with E-state index in [1.807, 2.05) is 54.6 Å². The van der Waals surface area contributed by atoms with Crippen molar-refractivity contribution in [3.63, 3.8) is 0 Å². The van der Waals surface area contributed by atoms with Gasteiger partial charge in [-0.15, -0.1) is 0 Å². The van der Waals surface area contributed by atoms with Crippen molar-refractivity contribution in [2.24, 2.45) is 10.2 Å². The second-order valence-corrected chi connectivity index (χ2v) is 5.20. The lowest BCUT2D eigenvalue weighted by Crippen LogP contribution is -2.11. The molecular formula is C17H17N3O2S. The summed E-state index contributed by atoms with van der Waals surface area (Å²) in [6, 6.07) is 17.0. The van der Waals surface area contributed by atoms with Crippen molar-refractivity contribution in [2.45, 2.75) is 12.8 Å². The maximum Gasteiger partial charge on any atom is 0.305 e. The summed E-state index contributed by atoms with van der Waals surface area (Å²) in [5.74, 6) is -0.272. The number of carbonyl (C=O) groups excluding carboxylic acids is 1. The van der Waals surface area contributed by atoms with Crippen LogP contribution in [0.2, 0.25) is 0 Å². The Balaban J connectivity index is 1.88. The monoisotopic (exact) mass is 327 g/mol. The van der Waals surface area contributed by atoms with Crippen LogP contribution >= 0.6 is 12.2 Å². The third kappa shape index (κ3) is 5.96. The summed E-state index contributed by atoms with van der Waals surface area (Å²) in [7, 11) is 1.36. The molecule has 2 aromatic carbocycles. The van der Waals surface area contributed by atoms with Crippen LogP contribution in [0.4, 0.5) is 17.1 Å². The van der Waals surface area contributed by atoms with Crippen LogP contribution in [0.1, 0.15) is 12.8 Å². The number of hydrogen-bond donors (Lipinski definition) is 1. The Hall–Kier alpha value is -2.60. The normalized spacial score (nSPS) is 10.5. The van der Waals surface area contributed by atoms with E-state index in [2.05, 4.69) is 20.3 Å². The molecule has 0 aromatic heterocycles. The molecule has 0 atom stereocenters. The van der Waals surface area contributed by atoms with E-state index in [0.717, 1.165) is 17.1 Å². The first kappa shape index (κ1) is 16.8. The van der Waals surface area contributed by atoms with Gasteiger partial charge in [-0.25, -0.2) is 0 Å². The number of carbonyl (C=O) groups is 1. The van der Waals surface area contributed by atoms with Gasteiger partial charge in [0.25, 0.3) is 0 Å². The SMILES string of the molecule is COC(=O)CCC(=S)Nc1ccc(N=Nc2ccccc2)cc1. The van der Waals surface area contributed by atoms with Gasteiger partial charge in [-0.3, -0.25) is 4.79 Å². The molecule has 0 fully saturated rings. The Labute approximate surface area is 140 Å². The van der Waals surface area contributed by atoms with Crippen molar-refractivity contribution in [3.05, 3.63) is 54.6 Å². The minimum atomic E-state index is -0.272. The van der Waals surface area contributed by atoms with Crippen LogP contribution < -0.4 is 5.32 Å². The van der Waals surface area contributed by atoms with E-state index >= 15 is 0 Å². The summed E-state index contributed by atoms with van der Waals surface area (Å²) >= 11 is 5.19. The fraction of sp³-hybridized carbons (Fsp3) is 0.176. The van der Waals surface area contributed by atoms with Gasteiger partial charge in [-0.05, 0) is 36.4 Å². The summed E-state index contributed by atoms with van der Waals surface area (Å²) in [6.07, 6.45) is 0.725. The molecule has 0 bridgehead atoms. The second-order valence-electron chi connectivity index (χ2n) is 4.71. The predicted octanol–water partition coefficient (Wildman–Crippen LogP) is 4.79. The summed E-state index contributed by atoms with van der Waals surface area (Å²) in [5, 5.41) is 11.4. The molecule has 0 heterocycles. The van der Waals surface area contributed by atoms with Crippen molar-refractivity contribution in [1.82, 2.24) is 0 Å². The van der Waals surface area contributed by atoms with E-state index < -0.39 is 0 Å². The molecule has 0 radical (unpaired) electrons. The quantitative estimate of drug-likeness (QED) is 0.470. The zero-order valence-electron chi connectivity index (χ0n) is 12.7. The molecule has 0 amide bonds. The van der Waals surface area contributed by atoms with Crippen LogP contribution in [0.15, 0.2) is 64.8 Å². The number of anilines is 1. The molecule has 0 spiro atoms. The van der Waals surface area contributed by atoms with Gasteiger partial charge in [0, 0.05) is 12.1 Å². The van der Waals surface area contributed by atoms with Crippen molar-refractivity contribution in [2.75, 3.05) is 12.4 Å². The Morgan fingerprint density at radius 3 is 2.22 bits per heavy atom. The number of benzene rings is 2. The summed E-state index contributed by atoms with van der Waals surface area (Å²) in [5.41, 5.74) is 2.40. The van der Waals surface area contributed by atoms with E-state index in [1.165, 1.54) is 7.11 Å². The van der Waals surface area contributed by atoms with E-state index in [4.69, 9.17) is 12.2 Å². The molecule has 2 aromatic rings. The van der Waals surface area contributed by atoms with Gasteiger partial charge in [-0.2, -0.15) is 10.2 Å². The van der Waals surface area contributed by atoms with Crippen molar-refractivity contribution >= 4 is 40.2 Å². The Kier molecular flexibility index (Phi) is 6.38. The van der Waals surface area contributed by atoms with Crippen LogP contribution in [-0.4, -0.2) is 18.1 Å². The average Bonchev–Trinajstić information content (AvgIpc) is 2.60. The number of thiocarbonyl (C=S) groups is 1. The lowest BCUT2D eigenvalue weighted by atomic mass is 10.2. The third-order valence-electron chi connectivity index (χ3n) is 2.97. The van der Waals surface area contributed by atoms with Gasteiger partial charge >= 0.3 is 5.97 Å². The highest BCUT2D eigenvalue weighted by Gasteiger charge is 2.04. The van der Waals surface area contributed by atoms with Gasteiger partial charge in [0.1, 0.15) is 0 Å². The Morgan fingerprint density at radius 1 is 1.00 bits per heavy atom. The maximum absolute atomic E-state index is 11.1. The second kappa shape index (κ2) is 8.75. The number of rotatable bonds is 6. The first-order chi connectivity index (χ1) is 11.2. The standard InChI is InChI=1S/C17H17N3O2S/c1-22-17(21)12-11-16(23)18-13-7-9-15(10-8-13)20-19-14-5-3-2-4-6-14/h2-10H,11-12H2,1H3,(H,18,23). The molecule has 1 N–H and O–H groups in total. The number of nitrogens with zero attached hydrogens (tertiary/aromatic N) is 2. The molecule has 0 saturated carbocycles. The van der Waals surface area contributed by atoms with Gasteiger partial charge in [0.05, 0.1) is 29.9 Å². The van der Waals surface area contributed by atoms with Crippen LogP contribution in [0.25, 0.3) is 0 Å². The number of hydrogen-bond acceptors (Lipinski definition) is 5. The Bertz CT molecular complexity index is 685. The zero-order chi connectivity index (χ0) is 16.5. The number of azo groups is 1. The number of esters is 1. The molecule has 0 aliphatic rings. The van der Waals surface area contributed by atoms with Crippen LogP contribution in [-0.2, 0) is 9.53 Å². The molecular weight excluding hydrogens is 310 g/mol. The topological polar surface area (TPSA) is 63.0 Å². The van der Waals surface area contributed by atoms with Gasteiger partial charge in [0.2, 0.25) is 0 Å². The molecule has 118 valence electrons. The highest BCUT2D eigenvalue weighted by Crippen LogP contribution is 2.20. The van der Waals surface area contributed by atoms with Gasteiger partial charge < -0.3 is 10.1 Å². The van der Waals surface area contributed by atoms with Gasteiger partial charge in [0.15, 0.2) is 0 Å². The van der Waals surface area contributed by atoms with Crippen molar-refractivity contribution in [3.8, 4) is 0 Å². The first-order valence-electron chi connectivity index (χ1n) is 7.11. The highest BCUT2D eigenvalue weighted by molar-refractivity contribution is 7.80. The van der Waals surface area contributed by atoms with Crippen LogP contribution in [0.3, 0.4) is 0 Å². The lowest BCUT2D eigenvalue weighted by molar-refractivity contribution is -0.140. The summed E-state index contributed by atoms with van der Waals surface area (Å²) in [6.45, 7) is 0. The minimum absolute atomic E-state index is 0.270. The molecule has 23 heavy (non-hydrogen) atoms. The molecule has 6 heteroatoms. The molecule has 0 unspecified atom stereocenters. The van der Waals surface area contributed by atoms with E-state index in [9.17, 15) is 4.79 Å². The van der Waals surface area contributed by atoms with E-state index in [1.54, 1.807) is 0 Å². The lowest BCUT2D eigenvalue weighted by Gasteiger charge is -2.07. The summed E-state index contributed by atoms with van der Waals surface area (Å²) < 4.78 is 4.58. The smallest absolute Gasteiger partial charge is 0.305 e. The summed E-state index contributed by atoms with van der Waals surface area (Å²) in [4.78, 5) is 11.7. The van der Waals surface area contributed by atoms with E-state index in [-0.39, 0.29) is 12.4 Å². The highest BCUT2D eigenvalue weighted by atomic mass is 32.1. The Morgan fingerprint density at radius 2 is 1.61 bits per heavy atom. The molecule has 5 nitrogen and oxygen atoms in total. The fourth-order valence-electron chi connectivity index (χ4n) is 1.76. The van der Waals surface area contributed by atoms with Crippen LogP contribution in [0.5, 0.6) is 0 Å². The van der Waals surface area contributed by atoms with Crippen LogP contribution in [0, 0.1) is 0 Å². The largest absolute Gasteiger partial charge is 0.469 e. The van der Waals surface area contributed by atoms with E-state index in [0.29, 0.717) is 11.4 Å². The number of methoxy groups -OCH3 is 1. The predicted molar refractivity (Wildman–Crippen MR) is 94.5 cm³/mol. The molecule has 0 aliphatic heterocycles. The van der Waals surface area contributed by atoms with Crippen molar-refractivity contribution < 1.29 is 9.53 Å². The minimum Gasteiger partial charge on any atom is -0.469 e. The maximum atomic E-state index is 11.1. The van der Waals surface area contributed by atoms with Crippen molar-refractivity contribution in [1.29, 1.82) is 0 Å². The zero-order valence-corrected chi connectivity index (χ0v) is 13.5. The molecule has 2 rings (SSSR count). The molecule has 0 saturated heterocycles. The fourth-order valence-corrected chi connectivity index (χ4v) is 1.98.